The molecule has 0 radical (unpaired) electrons. The second kappa shape index (κ2) is 5.92. The molecule has 0 fully saturated rings. The summed E-state index contributed by atoms with van der Waals surface area (Å²) < 4.78 is 5.26. The van der Waals surface area contributed by atoms with Crippen molar-refractivity contribution in [1.82, 2.24) is 4.98 Å². The largest absolute Gasteiger partial charge is 0.481 e. The number of pyridine rings is 1. The van der Waals surface area contributed by atoms with E-state index >= 15 is 0 Å². The number of ether oxygens (including phenoxy) is 1. The Labute approximate surface area is 121 Å². The maximum Gasteiger partial charge on any atom is 0.221 e. The van der Waals surface area contributed by atoms with Crippen molar-refractivity contribution in [1.29, 1.82) is 5.26 Å². The van der Waals surface area contributed by atoms with E-state index in [1.54, 1.807) is 24.3 Å². The Morgan fingerprint density at radius 2 is 1.89 bits per heavy atom. The predicted molar refractivity (Wildman–Crippen MR) is 75.6 cm³/mol. The molecule has 0 amide bonds. The summed E-state index contributed by atoms with van der Waals surface area (Å²) >= 11 is 12.0. The highest BCUT2D eigenvalue weighted by molar-refractivity contribution is 6.35. The van der Waals surface area contributed by atoms with Crippen LogP contribution in [0.4, 0.5) is 0 Å². The van der Waals surface area contributed by atoms with E-state index in [1.807, 2.05) is 6.07 Å². The molecule has 0 aliphatic rings. The smallest absolute Gasteiger partial charge is 0.221 e. The molecular formula is C14H10Cl2N2O. The molecule has 0 saturated heterocycles. The van der Waals surface area contributed by atoms with Crippen LogP contribution < -0.4 is 4.74 Å². The molecule has 1 aromatic heterocycles. The third kappa shape index (κ3) is 3.17. The molecule has 0 aliphatic heterocycles. The van der Waals surface area contributed by atoms with Crippen molar-refractivity contribution in [3.8, 4) is 23.1 Å². The molecule has 1 aromatic carbocycles. The van der Waals surface area contributed by atoms with Gasteiger partial charge in [-0.2, -0.15) is 5.26 Å². The number of benzene rings is 1. The van der Waals surface area contributed by atoms with Crippen LogP contribution in [0.5, 0.6) is 5.88 Å². The van der Waals surface area contributed by atoms with Crippen molar-refractivity contribution in [2.24, 2.45) is 0 Å². The van der Waals surface area contributed by atoms with Crippen LogP contribution in [-0.4, -0.2) is 12.1 Å². The summed E-state index contributed by atoms with van der Waals surface area (Å²) in [6, 6.07) is 10.9. The summed E-state index contributed by atoms with van der Waals surface area (Å²) in [6.07, 6.45) is 0.243. The first-order chi connectivity index (χ1) is 9.13. The number of methoxy groups -OCH3 is 1. The zero-order valence-electron chi connectivity index (χ0n) is 10.2. The SMILES string of the molecule is COc1nc(CC#N)ccc1-c1cc(Cl)cc(Cl)c1. The minimum atomic E-state index is 0.243. The average molecular weight is 293 g/mol. The molecule has 5 heteroatoms. The molecule has 0 spiro atoms. The van der Waals surface area contributed by atoms with Crippen LogP contribution in [0.25, 0.3) is 11.1 Å². The van der Waals surface area contributed by atoms with Gasteiger partial charge in [0.2, 0.25) is 5.88 Å². The van der Waals surface area contributed by atoms with Crippen LogP contribution in [0.1, 0.15) is 5.69 Å². The van der Waals surface area contributed by atoms with Gasteiger partial charge >= 0.3 is 0 Å². The molecule has 0 aliphatic carbocycles. The Morgan fingerprint density at radius 1 is 1.21 bits per heavy atom. The van der Waals surface area contributed by atoms with Crippen molar-refractivity contribution >= 4 is 23.2 Å². The minimum absolute atomic E-state index is 0.243. The normalized spacial score (nSPS) is 10.0. The second-order valence-electron chi connectivity index (χ2n) is 3.85. The summed E-state index contributed by atoms with van der Waals surface area (Å²) in [7, 11) is 1.54. The third-order valence-electron chi connectivity index (χ3n) is 2.55. The standard InChI is InChI=1S/C14H10Cl2N2O/c1-19-14-13(3-2-12(18-14)4-5-17)9-6-10(15)8-11(16)7-9/h2-3,6-8H,4H2,1H3. The zero-order valence-corrected chi connectivity index (χ0v) is 11.7. The van der Waals surface area contributed by atoms with Gasteiger partial charge in [0.1, 0.15) is 0 Å². The lowest BCUT2D eigenvalue weighted by Crippen LogP contribution is -1.96. The van der Waals surface area contributed by atoms with Gasteiger partial charge in [0.05, 0.1) is 25.3 Å². The molecule has 0 bridgehead atoms. The van der Waals surface area contributed by atoms with Crippen molar-refractivity contribution < 1.29 is 4.74 Å². The fraction of sp³-hybridized carbons (Fsp3) is 0.143. The lowest BCUT2D eigenvalue weighted by atomic mass is 10.1. The van der Waals surface area contributed by atoms with Crippen LogP contribution in [0.15, 0.2) is 30.3 Å². The molecule has 0 saturated carbocycles. The highest BCUT2D eigenvalue weighted by Crippen LogP contribution is 2.32. The van der Waals surface area contributed by atoms with E-state index in [2.05, 4.69) is 11.1 Å². The molecule has 1 heterocycles. The number of nitrogens with zero attached hydrogens (tertiary/aromatic N) is 2. The molecule has 0 atom stereocenters. The van der Waals surface area contributed by atoms with Crippen LogP contribution in [0, 0.1) is 11.3 Å². The Hall–Kier alpha value is -1.76. The number of rotatable bonds is 3. The van der Waals surface area contributed by atoms with Gasteiger partial charge in [-0.1, -0.05) is 23.2 Å². The van der Waals surface area contributed by atoms with Gasteiger partial charge in [-0.3, -0.25) is 0 Å². The van der Waals surface area contributed by atoms with E-state index in [-0.39, 0.29) is 6.42 Å². The summed E-state index contributed by atoms with van der Waals surface area (Å²) in [5.74, 6) is 0.450. The monoisotopic (exact) mass is 292 g/mol. The number of nitriles is 1. The van der Waals surface area contributed by atoms with E-state index in [4.69, 9.17) is 33.2 Å². The maximum atomic E-state index is 8.68. The van der Waals surface area contributed by atoms with Crippen molar-refractivity contribution in [2.45, 2.75) is 6.42 Å². The van der Waals surface area contributed by atoms with Gasteiger partial charge in [0, 0.05) is 15.6 Å². The van der Waals surface area contributed by atoms with Crippen LogP contribution in [0.3, 0.4) is 0 Å². The van der Waals surface area contributed by atoms with E-state index in [9.17, 15) is 0 Å². The maximum absolute atomic E-state index is 8.68. The average Bonchev–Trinajstić information content (AvgIpc) is 2.37. The van der Waals surface area contributed by atoms with E-state index in [1.165, 1.54) is 7.11 Å². The molecular weight excluding hydrogens is 283 g/mol. The number of aromatic nitrogens is 1. The molecule has 19 heavy (non-hydrogen) atoms. The molecule has 0 N–H and O–H groups in total. The van der Waals surface area contributed by atoms with Gasteiger partial charge in [-0.15, -0.1) is 0 Å². The minimum Gasteiger partial charge on any atom is -0.481 e. The highest BCUT2D eigenvalue weighted by Gasteiger charge is 2.10. The van der Waals surface area contributed by atoms with Crippen LogP contribution in [0.2, 0.25) is 10.0 Å². The molecule has 96 valence electrons. The lowest BCUT2D eigenvalue weighted by Gasteiger charge is -2.09. The van der Waals surface area contributed by atoms with Crippen LogP contribution in [-0.2, 0) is 6.42 Å². The quantitative estimate of drug-likeness (QED) is 0.854. The molecule has 3 nitrogen and oxygen atoms in total. The molecule has 2 rings (SSSR count). The second-order valence-corrected chi connectivity index (χ2v) is 4.73. The lowest BCUT2D eigenvalue weighted by molar-refractivity contribution is 0.398. The van der Waals surface area contributed by atoms with E-state index < -0.39 is 0 Å². The zero-order chi connectivity index (χ0) is 13.8. The van der Waals surface area contributed by atoms with Gasteiger partial charge in [0.25, 0.3) is 0 Å². The first kappa shape index (κ1) is 13.7. The topological polar surface area (TPSA) is 45.9 Å². The summed E-state index contributed by atoms with van der Waals surface area (Å²) in [5, 5.41) is 9.77. The summed E-state index contributed by atoms with van der Waals surface area (Å²) in [4.78, 5) is 4.29. The third-order valence-corrected chi connectivity index (χ3v) is 2.98. The number of hydrogen-bond acceptors (Lipinski definition) is 3. The van der Waals surface area contributed by atoms with Crippen molar-refractivity contribution in [2.75, 3.05) is 7.11 Å². The van der Waals surface area contributed by atoms with Gasteiger partial charge in [-0.25, -0.2) is 4.98 Å². The Bertz CT molecular complexity index is 630. The van der Waals surface area contributed by atoms with Crippen molar-refractivity contribution in [3.05, 3.63) is 46.1 Å². The predicted octanol–water partition coefficient (Wildman–Crippen LogP) is 4.13. The van der Waals surface area contributed by atoms with Gasteiger partial charge in [0.15, 0.2) is 0 Å². The highest BCUT2D eigenvalue weighted by atomic mass is 35.5. The van der Waals surface area contributed by atoms with Crippen LogP contribution >= 0.6 is 23.2 Å². The van der Waals surface area contributed by atoms with Gasteiger partial charge < -0.3 is 4.74 Å². The Morgan fingerprint density at radius 3 is 2.47 bits per heavy atom. The first-order valence-electron chi connectivity index (χ1n) is 5.51. The number of halogens is 2. The Balaban J connectivity index is 2.52. The van der Waals surface area contributed by atoms with Crippen molar-refractivity contribution in [3.63, 3.8) is 0 Å². The fourth-order valence-electron chi connectivity index (χ4n) is 1.74. The summed E-state index contributed by atoms with van der Waals surface area (Å²) in [5.41, 5.74) is 2.27. The fourth-order valence-corrected chi connectivity index (χ4v) is 2.27. The van der Waals surface area contributed by atoms with E-state index in [0.717, 1.165) is 11.1 Å². The van der Waals surface area contributed by atoms with E-state index in [0.29, 0.717) is 21.6 Å². The number of hydrogen-bond donors (Lipinski definition) is 0. The van der Waals surface area contributed by atoms with Gasteiger partial charge in [-0.05, 0) is 35.9 Å². The first-order valence-corrected chi connectivity index (χ1v) is 6.27. The molecule has 0 unspecified atom stereocenters. The summed E-state index contributed by atoms with van der Waals surface area (Å²) in [6.45, 7) is 0. The molecule has 2 aromatic rings. The Kier molecular flexibility index (Phi) is 4.26.